The molecule has 2 aromatic rings. The molecule has 3 unspecified atom stereocenters. The molecule has 2 aromatic carbocycles. The fourth-order valence-electron chi connectivity index (χ4n) is 10.7. The van der Waals surface area contributed by atoms with Gasteiger partial charge in [0.05, 0.1) is 31.8 Å². The van der Waals surface area contributed by atoms with E-state index in [1.165, 1.54) is 85.8 Å². The van der Waals surface area contributed by atoms with Crippen molar-refractivity contribution in [1.82, 2.24) is 5.32 Å². The zero-order valence-corrected chi connectivity index (χ0v) is 28.8. The molecule has 0 aromatic heterocycles. The van der Waals surface area contributed by atoms with E-state index in [1.807, 2.05) is 6.08 Å². The van der Waals surface area contributed by atoms with Crippen LogP contribution in [0.2, 0.25) is 0 Å². The summed E-state index contributed by atoms with van der Waals surface area (Å²) in [5.41, 5.74) is 0.116. The van der Waals surface area contributed by atoms with Crippen molar-refractivity contribution in [2.24, 2.45) is 17.3 Å². The third kappa shape index (κ3) is 5.55. The highest BCUT2D eigenvalue weighted by Gasteiger charge is 2.71. The lowest BCUT2D eigenvalue weighted by Gasteiger charge is -2.63. The van der Waals surface area contributed by atoms with Crippen LogP contribution in [0.3, 0.4) is 0 Å². The number of nitrogens with zero attached hydrogens (tertiary/aromatic N) is 1. The Bertz CT molecular complexity index is 1700. The quantitative estimate of drug-likeness (QED) is 0.0831. The third-order valence-electron chi connectivity index (χ3n) is 13.0. The SMILES string of the molecule is COC1(NC(=O)C(=C(O)c2ccccc2)C(F)(F)F)C=CC2=C3C1O[C@H]1CCC[C@H]4[C@@H](C2)[N+](CCCCc2ccccc2)(CC2CC2)CC[C@]314. The van der Waals surface area contributed by atoms with Crippen LogP contribution >= 0.6 is 0 Å². The number of allylic oxidation sites excluding steroid dienone is 1. The first-order valence-corrected chi connectivity index (χ1v) is 18.5. The number of unbranched alkanes of at least 4 members (excludes halogenated alkanes) is 1. The second-order valence-corrected chi connectivity index (χ2v) is 15.6. The van der Waals surface area contributed by atoms with Gasteiger partial charge < -0.3 is 24.4 Å². The maximum atomic E-state index is 14.5. The Kier molecular flexibility index (Phi) is 8.55. The molecule has 0 radical (unpaired) electrons. The molecule has 1 amide bonds. The van der Waals surface area contributed by atoms with Crippen LogP contribution in [0.15, 0.2) is 89.5 Å². The molecule has 2 saturated carbocycles. The number of aliphatic hydroxyl groups is 1. The highest BCUT2D eigenvalue weighted by Crippen LogP contribution is 2.67. The number of aliphatic hydroxyl groups excluding tert-OH is 1. The number of amides is 1. The van der Waals surface area contributed by atoms with Crippen LogP contribution in [0.4, 0.5) is 13.2 Å². The van der Waals surface area contributed by atoms with E-state index in [0.29, 0.717) is 12.0 Å². The van der Waals surface area contributed by atoms with Crippen molar-refractivity contribution in [2.75, 3.05) is 26.7 Å². The minimum absolute atomic E-state index is 0.0815. The van der Waals surface area contributed by atoms with Crippen LogP contribution in [0.25, 0.3) is 5.76 Å². The molecule has 2 aliphatic heterocycles. The number of likely N-dealkylation sites (tertiary alicyclic amines) is 1. The first-order valence-electron chi connectivity index (χ1n) is 18.5. The number of ether oxygens (including phenoxy) is 2. The zero-order valence-electron chi connectivity index (χ0n) is 28.8. The number of alkyl halides is 3. The number of aryl methyl sites for hydroxylation is 1. The zero-order chi connectivity index (χ0) is 34.7. The van der Waals surface area contributed by atoms with Gasteiger partial charge in [0, 0.05) is 42.8 Å². The largest absolute Gasteiger partial charge is 0.506 e. The topological polar surface area (TPSA) is 67.8 Å². The van der Waals surface area contributed by atoms with Crippen molar-refractivity contribution >= 4 is 11.7 Å². The molecule has 2 saturated heterocycles. The summed E-state index contributed by atoms with van der Waals surface area (Å²) in [6.07, 6.45) is 8.78. The Balaban J connectivity index is 1.11. The summed E-state index contributed by atoms with van der Waals surface area (Å²) >= 11 is 0. The maximum Gasteiger partial charge on any atom is 0.425 e. The highest BCUT2D eigenvalue weighted by atomic mass is 19.4. The number of piperidine rings is 1. The molecule has 4 aliphatic carbocycles. The van der Waals surface area contributed by atoms with Gasteiger partial charge in [0.25, 0.3) is 5.91 Å². The molecule has 2 bridgehead atoms. The molecule has 6 nitrogen and oxygen atoms in total. The van der Waals surface area contributed by atoms with Gasteiger partial charge in [0.15, 0.2) is 11.3 Å². The lowest BCUT2D eigenvalue weighted by atomic mass is 9.50. The van der Waals surface area contributed by atoms with Crippen molar-refractivity contribution < 1.29 is 37.0 Å². The summed E-state index contributed by atoms with van der Waals surface area (Å²) in [6.45, 7) is 3.49. The molecule has 266 valence electrons. The van der Waals surface area contributed by atoms with Gasteiger partial charge in [-0.15, -0.1) is 0 Å². The first-order chi connectivity index (χ1) is 24.1. The summed E-state index contributed by atoms with van der Waals surface area (Å²) in [5, 5.41) is 13.4. The van der Waals surface area contributed by atoms with Crippen LogP contribution < -0.4 is 5.32 Å². The Morgan fingerprint density at radius 1 is 1.04 bits per heavy atom. The Labute approximate surface area is 292 Å². The van der Waals surface area contributed by atoms with Gasteiger partial charge in [0.2, 0.25) is 0 Å². The molecule has 1 spiro atoms. The van der Waals surface area contributed by atoms with E-state index in [9.17, 15) is 23.1 Å². The minimum Gasteiger partial charge on any atom is -0.506 e. The second-order valence-electron chi connectivity index (χ2n) is 15.6. The molecule has 8 rings (SSSR count). The average Bonchev–Trinajstić information content (AvgIpc) is 3.86. The predicted molar refractivity (Wildman–Crippen MR) is 185 cm³/mol. The molecule has 6 aliphatic rings. The van der Waals surface area contributed by atoms with Crippen molar-refractivity contribution in [3.05, 3.63) is 101 Å². The van der Waals surface area contributed by atoms with Gasteiger partial charge in [-0.05, 0) is 67.7 Å². The number of carbonyl (C=O) groups is 1. The minimum atomic E-state index is -5.11. The predicted octanol–water partition coefficient (Wildman–Crippen LogP) is 7.82. The van der Waals surface area contributed by atoms with Crippen LogP contribution in [0, 0.1) is 17.3 Å². The van der Waals surface area contributed by atoms with Gasteiger partial charge in [0.1, 0.15) is 11.9 Å². The Hall–Kier alpha value is -3.40. The summed E-state index contributed by atoms with van der Waals surface area (Å²) in [6, 6.07) is 18.6. The lowest BCUT2D eigenvalue weighted by Crippen LogP contribution is -2.71. The summed E-state index contributed by atoms with van der Waals surface area (Å²) in [5.74, 6) is -1.37. The van der Waals surface area contributed by atoms with Crippen molar-refractivity contribution in [3.63, 3.8) is 0 Å². The van der Waals surface area contributed by atoms with E-state index in [0.717, 1.165) is 56.6 Å². The number of methoxy groups -OCH3 is 1. The van der Waals surface area contributed by atoms with Gasteiger partial charge >= 0.3 is 6.18 Å². The average molecular weight is 690 g/mol. The monoisotopic (exact) mass is 689 g/mol. The van der Waals surface area contributed by atoms with Crippen LogP contribution in [-0.2, 0) is 20.7 Å². The molecule has 50 heavy (non-hydrogen) atoms. The fraction of sp³-hybridized carbons (Fsp3) is 0.537. The highest BCUT2D eigenvalue weighted by molar-refractivity contribution is 6.01. The van der Waals surface area contributed by atoms with Crippen LogP contribution in [0.1, 0.15) is 68.9 Å². The van der Waals surface area contributed by atoms with Gasteiger partial charge in [-0.3, -0.25) is 4.79 Å². The summed E-state index contributed by atoms with van der Waals surface area (Å²) in [7, 11) is 1.41. The molecule has 2 N–H and O–H groups in total. The van der Waals surface area contributed by atoms with E-state index < -0.39 is 35.2 Å². The summed E-state index contributed by atoms with van der Waals surface area (Å²) in [4.78, 5) is 13.7. The van der Waals surface area contributed by atoms with E-state index >= 15 is 0 Å². The summed E-state index contributed by atoms with van der Waals surface area (Å²) < 4.78 is 57.5. The molecule has 2 heterocycles. The molecular weight excluding hydrogens is 641 g/mol. The number of halogens is 3. The van der Waals surface area contributed by atoms with Gasteiger partial charge in [-0.2, -0.15) is 13.2 Å². The molecule has 9 heteroatoms. The molecule has 7 atom stereocenters. The van der Waals surface area contributed by atoms with Crippen molar-refractivity contribution in [2.45, 2.75) is 94.4 Å². The van der Waals surface area contributed by atoms with Crippen molar-refractivity contribution in [1.29, 1.82) is 0 Å². The number of rotatable bonds is 11. The van der Waals surface area contributed by atoms with E-state index in [1.54, 1.807) is 12.1 Å². The first kappa shape index (κ1) is 33.7. The lowest BCUT2D eigenvalue weighted by molar-refractivity contribution is -0.964. The number of nitrogens with one attached hydrogen (secondary N) is 1. The smallest absolute Gasteiger partial charge is 0.425 e. The molecular formula is C41H48F3N2O4+. The van der Waals surface area contributed by atoms with Crippen LogP contribution in [0.5, 0.6) is 0 Å². The Morgan fingerprint density at radius 2 is 1.78 bits per heavy atom. The maximum absolute atomic E-state index is 14.5. The van der Waals surface area contributed by atoms with E-state index in [4.69, 9.17) is 9.47 Å². The second kappa shape index (κ2) is 12.7. The fourth-order valence-corrected chi connectivity index (χ4v) is 10.7. The number of hydrogen-bond acceptors (Lipinski definition) is 4. The normalized spacial score (nSPS) is 34.6. The number of carbonyl (C=O) groups excluding carboxylic acids is 1. The third-order valence-corrected chi connectivity index (χ3v) is 13.0. The number of benzene rings is 2. The van der Waals surface area contributed by atoms with Gasteiger partial charge in [-0.25, -0.2) is 0 Å². The molecule has 4 fully saturated rings. The standard InChI is InChI=1S/C41H47F3N2O4/c1-49-40(45-38(48)35(41(42,43)44)36(47)29-14-6-3-7-15-29)21-20-30-25-32-31-16-10-17-33-39(31,34(30)37(40)50-33)22-24-46(32,26-28-18-19-28)23-9-8-13-27-11-4-2-5-12-27/h2-7,11-12,14-15,20-21,28,31-33,37H,8-10,13,16-19,22-26H2,1H3,(H-,45,47,48)/p+1/t31-,32+,33-,37?,39+,40?,46?/m0/s1. The van der Waals surface area contributed by atoms with Gasteiger partial charge in [-0.1, -0.05) is 73.2 Å². The van der Waals surface area contributed by atoms with Crippen LogP contribution in [-0.4, -0.2) is 72.4 Å². The Morgan fingerprint density at radius 3 is 2.48 bits per heavy atom. The van der Waals surface area contributed by atoms with E-state index in [2.05, 4.69) is 35.6 Å². The van der Waals surface area contributed by atoms with Crippen molar-refractivity contribution in [3.8, 4) is 0 Å². The number of quaternary nitrogens is 1. The number of hydrogen-bond donors (Lipinski definition) is 2. The van der Waals surface area contributed by atoms with E-state index in [-0.39, 0.29) is 17.1 Å².